The normalized spacial score (nSPS) is 18.9. The summed E-state index contributed by atoms with van der Waals surface area (Å²) in [5.74, 6) is 0.968. The molecule has 2 rings (SSSR count). The minimum atomic E-state index is -0.226. The van der Waals surface area contributed by atoms with Crippen molar-refractivity contribution in [2.24, 2.45) is 11.8 Å². The van der Waals surface area contributed by atoms with Gasteiger partial charge in [-0.2, -0.15) is 5.10 Å². The number of H-pyrrole nitrogens is 1. The number of nitrogens with one attached hydrogen (secondary N) is 2. The Morgan fingerprint density at radius 3 is 3.05 bits per heavy atom. The van der Waals surface area contributed by atoms with Crippen molar-refractivity contribution in [2.45, 2.75) is 26.7 Å². The summed E-state index contributed by atoms with van der Waals surface area (Å²) in [4.78, 5) is 29.6. The van der Waals surface area contributed by atoms with Gasteiger partial charge in [0.2, 0.25) is 11.8 Å². The topological polar surface area (TPSA) is 91.0 Å². The van der Waals surface area contributed by atoms with Crippen LogP contribution in [0.1, 0.15) is 26.1 Å². The first-order valence-corrected chi connectivity index (χ1v) is 6.96. The smallest absolute Gasteiger partial charge is 0.225 e. The first-order chi connectivity index (χ1) is 9.56. The number of aromatic nitrogens is 3. The Hall–Kier alpha value is -1.92. The monoisotopic (exact) mass is 279 g/mol. The van der Waals surface area contributed by atoms with Crippen LogP contribution < -0.4 is 5.32 Å². The van der Waals surface area contributed by atoms with E-state index in [1.807, 2.05) is 0 Å². The van der Waals surface area contributed by atoms with Crippen molar-refractivity contribution < 1.29 is 9.59 Å². The van der Waals surface area contributed by atoms with Gasteiger partial charge < -0.3 is 10.2 Å². The fraction of sp³-hybridized carbons (Fsp3) is 0.692. The van der Waals surface area contributed by atoms with Gasteiger partial charge in [-0.1, -0.05) is 13.8 Å². The summed E-state index contributed by atoms with van der Waals surface area (Å²) in [6.07, 6.45) is 2.37. The van der Waals surface area contributed by atoms with Crippen LogP contribution >= 0.6 is 0 Å². The fourth-order valence-electron chi connectivity index (χ4n) is 2.36. The van der Waals surface area contributed by atoms with Crippen molar-refractivity contribution in [1.82, 2.24) is 25.4 Å². The number of nitrogens with zero attached hydrogens (tertiary/aromatic N) is 3. The van der Waals surface area contributed by atoms with Crippen LogP contribution in [0.5, 0.6) is 0 Å². The van der Waals surface area contributed by atoms with E-state index in [1.54, 1.807) is 4.90 Å². The zero-order valence-corrected chi connectivity index (χ0v) is 11.9. The summed E-state index contributed by atoms with van der Waals surface area (Å²) in [7, 11) is 0. The number of likely N-dealkylation sites (tertiary alicyclic amines) is 1. The molecule has 0 aromatic carbocycles. The molecule has 1 unspecified atom stereocenters. The molecular weight excluding hydrogens is 258 g/mol. The Balaban J connectivity index is 1.74. The second kappa shape index (κ2) is 6.49. The van der Waals surface area contributed by atoms with Crippen LogP contribution in [0.25, 0.3) is 0 Å². The van der Waals surface area contributed by atoms with E-state index >= 15 is 0 Å². The van der Waals surface area contributed by atoms with Crippen molar-refractivity contribution in [1.29, 1.82) is 0 Å². The summed E-state index contributed by atoms with van der Waals surface area (Å²) in [5, 5.41) is 9.34. The number of aromatic amines is 1. The molecule has 1 aromatic heterocycles. The molecule has 1 atom stereocenters. The number of amides is 2. The highest BCUT2D eigenvalue weighted by Crippen LogP contribution is 2.19. The van der Waals surface area contributed by atoms with Gasteiger partial charge in [-0.3, -0.25) is 14.7 Å². The third-order valence-electron chi connectivity index (χ3n) is 3.30. The van der Waals surface area contributed by atoms with Crippen LogP contribution in [0, 0.1) is 11.8 Å². The maximum atomic E-state index is 12.0. The molecule has 0 bridgehead atoms. The average molecular weight is 279 g/mol. The first-order valence-electron chi connectivity index (χ1n) is 6.96. The predicted molar refractivity (Wildman–Crippen MR) is 72.6 cm³/mol. The van der Waals surface area contributed by atoms with Gasteiger partial charge in [0.1, 0.15) is 12.2 Å². The van der Waals surface area contributed by atoms with Gasteiger partial charge >= 0.3 is 0 Å². The van der Waals surface area contributed by atoms with Crippen LogP contribution in [0.2, 0.25) is 0 Å². The van der Waals surface area contributed by atoms with Crippen LogP contribution in [-0.2, 0) is 16.0 Å². The molecule has 110 valence electrons. The summed E-state index contributed by atoms with van der Waals surface area (Å²) < 4.78 is 0. The number of carbonyl (C=O) groups excluding carboxylic acids is 2. The molecule has 0 aliphatic carbocycles. The molecule has 1 aliphatic heterocycles. The standard InChI is InChI=1S/C13H21N5O2/c1-9(2)6-18-7-10(5-12(18)19)13(20)14-4-3-11-15-8-16-17-11/h8-10H,3-7H2,1-2H3,(H,14,20)(H,15,16,17). The lowest BCUT2D eigenvalue weighted by atomic mass is 10.1. The molecule has 7 nitrogen and oxygen atoms in total. The van der Waals surface area contributed by atoms with Crippen LogP contribution in [0.3, 0.4) is 0 Å². The minimum absolute atomic E-state index is 0.0517. The molecule has 2 heterocycles. The number of carbonyl (C=O) groups is 2. The maximum absolute atomic E-state index is 12.0. The minimum Gasteiger partial charge on any atom is -0.355 e. The van der Waals surface area contributed by atoms with E-state index in [1.165, 1.54) is 6.33 Å². The van der Waals surface area contributed by atoms with E-state index in [0.29, 0.717) is 31.8 Å². The quantitative estimate of drug-likeness (QED) is 0.765. The third-order valence-corrected chi connectivity index (χ3v) is 3.30. The molecule has 1 fully saturated rings. The number of hydrogen-bond donors (Lipinski definition) is 2. The lowest BCUT2D eigenvalue weighted by Gasteiger charge is -2.18. The molecule has 20 heavy (non-hydrogen) atoms. The van der Waals surface area contributed by atoms with Gasteiger partial charge in [-0.05, 0) is 5.92 Å². The lowest BCUT2D eigenvalue weighted by molar-refractivity contribution is -0.129. The predicted octanol–water partition coefficient (Wildman–Crippen LogP) is -0.0321. The van der Waals surface area contributed by atoms with E-state index in [4.69, 9.17) is 0 Å². The molecule has 1 aliphatic rings. The average Bonchev–Trinajstić information content (AvgIpc) is 3.00. The molecule has 1 aromatic rings. The second-order valence-electron chi connectivity index (χ2n) is 5.57. The highest BCUT2D eigenvalue weighted by Gasteiger charge is 2.34. The van der Waals surface area contributed by atoms with Crippen molar-refractivity contribution in [3.63, 3.8) is 0 Å². The summed E-state index contributed by atoms with van der Waals surface area (Å²) in [6, 6.07) is 0. The molecule has 1 saturated heterocycles. The molecule has 2 amide bonds. The summed E-state index contributed by atoms with van der Waals surface area (Å²) in [6.45, 7) is 5.89. The summed E-state index contributed by atoms with van der Waals surface area (Å²) in [5.41, 5.74) is 0. The Kier molecular flexibility index (Phi) is 4.70. The Morgan fingerprint density at radius 1 is 1.60 bits per heavy atom. The zero-order valence-electron chi connectivity index (χ0n) is 11.9. The Labute approximate surface area is 118 Å². The van der Waals surface area contributed by atoms with E-state index in [-0.39, 0.29) is 17.7 Å². The molecule has 7 heteroatoms. The van der Waals surface area contributed by atoms with Crippen molar-refractivity contribution in [2.75, 3.05) is 19.6 Å². The maximum Gasteiger partial charge on any atom is 0.225 e. The lowest BCUT2D eigenvalue weighted by Crippen LogP contribution is -2.35. The van der Waals surface area contributed by atoms with Gasteiger partial charge in [0.05, 0.1) is 5.92 Å². The van der Waals surface area contributed by atoms with E-state index in [9.17, 15) is 9.59 Å². The van der Waals surface area contributed by atoms with Gasteiger partial charge in [0, 0.05) is 32.5 Å². The van der Waals surface area contributed by atoms with Gasteiger partial charge in [-0.25, -0.2) is 4.98 Å². The van der Waals surface area contributed by atoms with Crippen molar-refractivity contribution >= 4 is 11.8 Å². The van der Waals surface area contributed by atoms with E-state index in [0.717, 1.165) is 12.4 Å². The van der Waals surface area contributed by atoms with E-state index < -0.39 is 0 Å². The first kappa shape index (κ1) is 14.5. The molecule has 0 radical (unpaired) electrons. The van der Waals surface area contributed by atoms with Crippen LogP contribution in [0.4, 0.5) is 0 Å². The molecule has 2 N–H and O–H groups in total. The molecular formula is C13H21N5O2. The van der Waals surface area contributed by atoms with Gasteiger partial charge in [0.25, 0.3) is 0 Å². The highest BCUT2D eigenvalue weighted by molar-refractivity contribution is 5.89. The van der Waals surface area contributed by atoms with Gasteiger partial charge in [-0.15, -0.1) is 0 Å². The van der Waals surface area contributed by atoms with Crippen LogP contribution in [0.15, 0.2) is 6.33 Å². The van der Waals surface area contributed by atoms with E-state index in [2.05, 4.69) is 34.3 Å². The Bertz CT molecular complexity index is 457. The molecule has 0 spiro atoms. The largest absolute Gasteiger partial charge is 0.355 e. The van der Waals surface area contributed by atoms with Crippen molar-refractivity contribution in [3.8, 4) is 0 Å². The number of hydrogen-bond acceptors (Lipinski definition) is 4. The SMILES string of the molecule is CC(C)CN1CC(C(=O)NCCc2ncn[nH]2)CC1=O. The molecule has 0 saturated carbocycles. The highest BCUT2D eigenvalue weighted by atomic mass is 16.2. The number of rotatable bonds is 6. The second-order valence-corrected chi connectivity index (χ2v) is 5.57. The summed E-state index contributed by atoms with van der Waals surface area (Å²) >= 11 is 0. The zero-order chi connectivity index (χ0) is 14.5. The Morgan fingerprint density at radius 2 is 2.40 bits per heavy atom. The third kappa shape index (κ3) is 3.79. The van der Waals surface area contributed by atoms with Crippen molar-refractivity contribution in [3.05, 3.63) is 12.2 Å². The van der Waals surface area contributed by atoms with Gasteiger partial charge in [0.15, 0.2) is 0 Å². The van der Waals surface area contributed by atoms with Crippen LogP contribution in [-0.4, -0.2) is 51.5 Å². The fourth-order valence-corrected chi connectivity index (χ4v) is 2.36.